The molecule has 0 amide bonds. The Morgan fingerprint density at radius 1 is 1.35 bits per heavy atom. The van der Waals surface area contributed by atoms with Crippen LogP contribution in [0.2, 0.25) is 0 Å². The van der Waals surface area contributed by atoms with Gasteiger partial charge in [-0.15, -0.1) is 0 Å². The lowest BCUT2D eigenvalue weighted by Gasteiger charge is -2.09. The summed E-state index contributed by atoms with van der Waals surface area (Å²) in [7, 11) is 0. The Morgan fingerprint density at radius 2 is 2.06 bits per heavy atom. The molecule has 0 radical (unpaired) electrons. The molecule has 1 aromatic carbocycles. The molecule has 0 bridgehead atoms. The minimum absolute atomic E-state index is 0.0665. The highest BCUT2D eigenvalue weighted by atomic mass is 19.4. The number of hydrogen-bond donors (Lipinski definition) is 0. The molecule has 0 aliphatic heterocycles. The van der Waals surface area contributed by atoms with Gasteiger partial charge in [-0.25, -0.2) is 0 Å². The van der Waals surface area contributed by atoms with Gasteiger partial charge in [0.2, 0.25) is 0 Å². The van der Waals surface area contributed by atoms with Crippen LogP contribution in [0.4, 0.5) is 13.2 Å². The van der Waals surface area contributed by atoms with Crippen molar-refractivity contribution in [3.8, 4) is 17.9 Å². The molecular formula is C12H6F3NO. The van der Waals surface area contributed by atoms with E-state index in [-0.39, 0.29) is 17.5 Å². The van der Waals surface area contributed by atoms with E-state index in [2.05, 4.69) is 11.8 Å². The van der Waals surface area contributed by atoms with Gasteiger partial charge >= 0.3 is 6.18 Å². The van der Waals surface area contributed by atoms with E-state index < -0.39 is 11.7 Å². The maximum Gasteiger partial charge on any atom is 0.417 e. The minimum Gasteiger partial charge on any atom is -0.298 e. The van der Waals surface area contributed by atoms with Crippen LogP contribution in [-0.2, 0) is 6.18 Å². The second-order valence-electron chi connectivity index (χ2n) is 3.06. The zero-order valence-electron chi connectivity index (χ0n) is 8.51. The van der Waals surface area contributed by atoms with Crippen LogP contribution < -0.4 is 0 Å². The number of rotatable bonds is 1. The summed E-state index contributed by atoms with van der Waals surface area (Å²) in [5, 5.41) is 8.23. The minimum atomic E-state index is -4.57. The van der Waals surface area contributed by atoms with Crippen molar-refractivity contribution in [2.45, 2.75) is 12.6 Å². The Kier molecular flexibility index (Phi) is 3.90. The van der Waals surface area contributed by atoms with Crippen LogP contribution in [0, 0.1) is 23.2 Å². The third-order valence-corrected chi connectivity index (χ3v) is 1.88. The third-order valence-electron chi connectivity index (χ3n) is 1.88. The van der Waals surface area contributed by atoms with Crippen molar-refractivity contribution in [2.75, 3.05) is 0 Å². The van der Waals surface area contributed by atoms with Gasteiger partial charge in [0.25, 0.3) is 0 Å². The van der Waals surface area contributed by atoms with Crippen molar-refractivity contribution < 1.29 is 18.0 Å². The lowest BCUT2D eigenvalue weighted by molar-refractivity contribution is -0.137. The van der Waals surface area contributed by atoms with Crippen LogP contribution in [0.15, 0.2) is 18.2 Å². The summed E-state index contributed by atoms with van der Waals surface area (Å²) in [6, 6.07) is 4.82. The average molecular weight is 237 g/mol. The first-order valence-corrected chi connectivity index (χ1v) is 4.51. The maximum atomic E-state index is 12.6. The molecule has 1 rings (SSSR count). The molecular weight excluding hydrogens is 231 g/mol. The molecule has 1 aromatic rings. The van der Waals surface area contributed by atoms with E-state index in [9.17, 15) is 18.0 Å². The standard InChI is InChI=1S/C12H6F3NO/c13-12(14,15)11-7-9(8-17)4-5-10(11)3-1-2-6-16/h4-5,7-8H,2H2. The van der Waals surface area contributed by atoms with E-state index in [1.807, 2.05) is 0 Å². The van der Waals surface area contributed by atoms with E-state index in [4.69, 9.17) is 5.26 Å². The molecule has 0 saturated carbocycles. The summed E-state index contributed by atoms with van der Waals surface area (Å²) in [5.74, 6) is 4.57. The van der Waals surface area contributed by atoms with Gasteiger partial charge in [0.15, 0.2) is 0 Å². The Bertz CT molecular complexity index is 529. The number of nitriles is 1. The van der Waals surface area contributed by atoms with E-state index in [1.54, 1.807) is 6.07 Å². The molecule has 0 N–H and O–H groups in total. The fraction of sp³-hybridized carbons (Fsp3) is 0.167. The number of carbonyl (C=O) groups excluding carboxylic acids is 1. The Morgan fingerprint density at radius 3 is 2.59 bits per heavy atom. The lowest BCUT2D eigenvalue weighted by atomic mass is 10.0. The van der Waals surface area contributed by atoms with Gasteiger partial charge in [-0.05, 0) is 12.1 Å². The smallest absolute Gasteiger partial charge is 0.298 e. The normalized spacial score (nSPS) is 10.0. The largest absolute Gasteiger partial charge is 0.417 e. The third kappa shape index (κ3) is 3.35. The van der Waals surface area contributed by atoms with Crippen molar-refractivity contribution in [2.24, 2.45) is 0 Å². The van der Waals surface area contributed by atoms with Gasteiger partial charge in [0.05, 0.1) is 18.1 Å². The number of hydrogen-bond acceptors (Lipinski definition) is 2. The molecule has 0 saturated heterocycles. The summed E-state index contributed by atoms with van der Waals surface area (Å²) in [6.07, 6.45) is -4.38. The summed E-state index contributed by atoms with van der Waals surface area (Å²) in [6.45, 7) is 0. The van der Waals surface area contributed by atoms with Gasteiger partial charge in [0.1, 0.15) is 6.29 Å². The van der Waals surface area contributed by atoms with Crippen LogP contribution in [0.25, 0.3) is 0 Å². The summed E-state index contributed by atoms with van der Waals surface area (Å²) in [5.41, 5.74) is -1.27. The molecule has 0 aliphatic carbocycles. The molecule has 0 atom stereocenters. The first-order chi connectivity index (χ1) is 7.99. The molecule has 0 heterocycles. The highest BCUT2D eigenvalue weighted by molar-refractivity contribution is 5.75. The highest BCUT2D eigenvalue weighted by Crippen LogP contribution is 2.32. The molecule has 17 heavy (non-hydrogen) atoms. The van der Waals surface area contributed by atoms with Crippen LogP contribution in [0.1, 0.15) is 27.9 Å². The first-order valence-electron chi connectivity index (χ1n) is 4.51. The van der Waals surface area contributed by atoms with Gasteiger partial charge in [-0.2, -0.15) is 18.4 Å². The predicted octanol–water partition coefficient (Wildman–Crippen LogP) is 2.78. The summed E-state index contributed by atoms with van der Waals surface area (Å²) >= 11 is 0. The van der Waals surface area contributed by atoms with Crippen LogP contribution in [0.5, 0.6) is 0 Å². The van der Waals surface area contributed by atoms with E-state index in [0.29, 0.717) is 6.29 Å². The number of benzene rings is 1. The average Bonchev–Trinajstić information content (AvgIpc) is 2.28. The summed E-state index contributed by atoms with van der Waals surface area (Å²) in [4.78, 5) is 10.4. The van der Waals surface area contributed by atoms with Crippen LogP contribution in [0.3, 0.4) is 0 Å². The lowest BCUT2D eigenvalue weighted by Crippen LogP contribution is -2.08. The predicted molar refractivity (Wildman–Crippen MR) is 53.9 cm³/mol. The SMILES string of the molecule is N#CCC#Cc1ccc(C=O)cc1C(F)(F)F. The number of aldehydes is 1. The topological polar surface area (TPSA) is 40.9 Å². The van der Waals surface area contributed by atoms with Gasteiger partial charge in [-0.3, -0.25) is 4.79 Å². The molecule has 5 heteroatoms. The fourth-order valence-corrected chi connectivity index (χ4v) is 1.16. The van der Waals surface area contributed by atoms with Gasteiger partial charge < -0.3 is 0 Å². The number of alkyl halides is 3. The Labute approximate surface area is 95.7 Å². The van der Waals surface area contributed by atoms with Crippen molar-refractivity contribution in [1.29, 1.82) is 5.26 Å². The molecule has 0 fully saturated rings. The Balaban J connectivity index is 3.28. The van der Waals surface area contributed by atoms with Crippen molar-refractivity contribution in [1.82, 2.24) is 0 Å². The van der Waals surface area contributed by atoms with Crippen molar-refractivity contribution >= 4 is 6.29 Å². The quantitative estimate of drug-likeness (QED) is 0.556. The highest BCUT2D eigenvalue weighted by Gasteiger charge is 2.33. The fourth-order valence-electron chi connectivity index (χ4n) is 1.16. The van der Waals surface area contributed by atoms with Crippen molar-refractivity contribution in [3.05, 3.63) is 34.9 Å². The first kappa shape index (κ1) is 12.8. The van der Waals surface area contributed by atoms with Crippen LogP contribution >= 0.6 is 0 Å². The van der Waals surface area contributed by atoms with Crippen molar-refractivity contribution in [3.63, 3.8) is 0 Å². The molecule has 0 aromatic heterocycles. The number of halogens is 3. The second-order valence-corrected chi connectivity index (χ2v) is 3.06. The van der Waals surface area contributed by atoms with E-state index in [1.165, 1.54) is 6.07 Å². The zero-order valence-corrected chi connectivity index (χ0v) is 8.51. The number of nitrogens with zero attached hydrogens (tertiary/aromatic N) is 1. The molecule has 0 unspecified atom stereocenters. The molecule has 2 nitrogen and oxygen atoms in total. The second kappa shape index (κ2) is 5.18. The molecule has 0 aliphatic rings. The van der Waals surface area contributed by atoms with Gasteiger partial charge in [0, 0.05) is 11.1 Å². The maximum absolute atomic E-state index is 12.6. The van der Waals surface area contributed by atoms with E-state index in [0.717, 1.165) is 12.1 Å². The van der Waals surface area contributed by atoms with E-state index >= 15 is 0 Å². The monoisotopic (exact) mass is 237 g/mol. The summed E-state index contributed by atoms with van der Waals surface area (Å²) < 4.78 is 37.9. The Hall–Kier alpha value is -2.27. The molecule has 0 spiro atoms. The molecule has 86 valence electrons. The van der Waals surface area contributed by atoms with Crippen LogP contribution in [-0.4, -0.2) is 6.29 Å². The number of carbonyl (C=O) groups is 1. The zero-order chi connectivity index (χ0) is 12.9. The van der Waals surface area contributed by atoms with Gasteiger partial charge in [-0.1, -0.05) is 17.9 Å².